The van der Waals surface area contributed by atoms with Gasteiger partial charge >= 0.3 is 0 Å². The number of aryl methyl sites for hydroxylation is 3. The van der Waals surface area contributed by atoms with Gasteiger partial charge in [0.2, 0.25) is 0 Å². The van der Waals surface area contributed by atoms with E-state index in [2.05, 4.69) is 37.0 Å². The summed E-state index contributed by atoms with van der Waals surface area (Å²) in [5.74, 6) is 0. The molecular formula is C12H14N2S. The fourth-order valence-corrected chi connectivity index (χ4v) is 2.17. The van der Waals surface area contributed by atoms with Crippen LogP contribution in [0.4, 0.5) is 0 Å². The van der Waals surface area contributed by atoms with E-state index in [0.29, 0.717) is 0 Å². The first-order valence-corrected chi connectivity index (χ1v) is 5.35. The molecule has 1 aromatic heterocycles. The molecule has 2 rings (SSSR count). The van der Waals surface area contributed by atoms with Gasteiger partial charge in [-0.15, -0.1) is 0 Å². The molecule has 15 heavy (non-hydrogen) atoms. The zero-order chi connectivity index (χ0) is 11.0. The Balaban J connectivity index is 2.74. The second-order valence-corrected chi connectivity index (χ2v) is 4.24. The molecule has 0 aliphatic heterocycles. The predicted molar refractivity (Wildman–Crippen MR) is 65.2 cm³/mol. The van der Waals surface area contributed by atoms with E-state index in [1.165, 1.54) is 16.8 Å². The van der Waals surface area contributed by atoms with Crippen LogP contribution in [0.15, 0.2) is 24.4 Å². The average molecular weight is 218 g/mol. The van der Waals surface area contributed by atoms with Crippen molar-refractivity contribution in [3.05, 3.63) is 46.0 Å². The summed E-state index contributed by atoms with van der Waals surface area (Å²) in [6.45, 7) is 6.22. The molecule has 0 aliphatic rings. The molecular weight excluding hydrogens is 204 g/mol. The Bertz CT molecular complexity index is 529. The first-order valence-electron chi connectivity index (χ1n) is 4.94. The predicted octanol–water partition coefficient (Wildman–Crippen LogP) is 3.46. The molecule has 0 fully saturated rings. The van der Waals surface area contributed by atoms with Crippen LogP contribution in [-0.2, 0) is 0 Å². The van der Waals surface area contributed by atoms with Gasteiger partial charge in [0, 0.05) is 11.9 Å². The third-order valence-electron chi connectivity index (χ3n) is 2.53. The number of hydrogen-bond donors (Lipinski definition) is 1. The molecule has 0 amide bonds. The van der Waals surface area contributed by atoms with Crippen LogP contribution >= 0.6 is 12.2 Å². The smallest absolute Gasteiger partial charge is 0.182 e. The minimum atomic E-state index is 0.755. The number of hydrogen-bond acceptors (Lipinski definition) is 1. The van der Waals surface area contributed by atoms with E-state index in [1.54, 1.807) is 0 Å². The van der Waals surface area contributed by atoms with Crippen LogP contribution in [-0.4, -0.2) is 9.55 Å². The minimum absolute atomic E-state index is 0.755. The van der Waals surface area contributed by atoms with Gasteiger partial charge in [-0.25, -0.2) is 0 Å². The molecule has 78 valence electrons. The van der Waals surface area contributed by atoms with Crippen molar-refractivity contribution in [1.29, 1.82) is 0 Å². The van der Waals surface area contributed by atoms with Gasteiger partial charge in [0.15, 0.2) is 4.77 Å². The van der Waals surface area contributed by atoms with Crippen LogP contribution in [0.1, 0.15) is 16.8 Å². The average Bonchev–Trinajstić information content (AvgIpc) is 2.45. The van der Waals surface area contributed by atoms with Crippen molar-refractivity contribution >= 4 is 12.2 Å². The lowest BCUT2D eigenvalue weighted by Gasteiger charge is -2.09. The zero-order valence-electron chi connectivity index (χ0n) is 9.16. The lowest BCUT2D eigenvalue weighted by molar-refractivity contribution is 1.00. The molecule has 1 aromatic carbocycles. The van der Waals surface area contributed by atoms with Crippen molar-refractivity contribution in [3.63, 3.8) is 0 Å². The summed E-state index contributed by atoms with van der Waals surface area (Å²) in [6.07, 6.45) is 2.04. The van der Waals surface area contributed by atoms with Gasteiger partial charge < -0.3 is 4.98 Å². The van der Waals surface area contributed by atoms with E-state index < -0.39 is 0 Å². The van der Waals surface area contributed by atoms with E-state index in [-0.39, 0.29) is 0 Å². The van der Waals surface area contributed by atoms with Crippen LogP contribution < -0.4 is 0 Å². The Hall–Kier alpha value is -1.35. The maximum atomic E-state index is 5.28. The number of aromatic amines is 1. The normalized spacial score (nSPS) is 10.6. The van der Waals surface area contributed by atoms with Crippen molar-refractivity contribution in [2.75, 3.05) is 0 Å². The highest BCUT2D eigenvalue weighted by molar-refractivity contribution is 7.71. The summed E-state index contributed by atoms with van der Waals surface area (Å²) >= 11 is 5.28. The van der Waals surface area contributed by atoms with E-state index in [4.69, 9.17) is 12.2 Å². The fraction of sp³-hybridized carbons (Fsp3) is 0.250. The number of benzene rings is 1. The maximum absolute atomic E-state index is 5.28. The Morgan fingerprint density at radius 2 is 1.73 bits per heavy atom. The lowest BCUT2D eigenvalue weighted by atomic mass is 10.1. The summed E-state index contributed by atoms with van der Waals surface area (Å²) in [6, 6.07) is 6.27. The quantitative estimate of drug-likeness (QED) is 0.727. The van der Waals surface area contributed by atoms with Gasteiger partial charge in [-0.1, -0.05) is 18.2 Å². The molecule has 1 N–H and O–H groups in total. The summed E-state index contributed by atoms with van der Waals surface area (Å²) in [5.41, 5.74) is 4.75. The van der Waals surface area contributed by atoms with E-state index >= 15 is 0 Å². The van der Waals surface area contributed by atoms with Gasteiger partial charge in [-0.2, -0.15) is 0 Å². The van der Waals surface area contributed by atoms with Gasteiger partial charge in [-0.05, 0) is 44.1 Å². The SMILES string of the molecule is Cc1cn(-c2c(C)cccc2C)c(=S)[nH]1. The monoisotopic (exact) mass is 218 g/mol. The second kappa shape index (κ2) is 3.66. The minimum Gasteiger partial charge on any atom is -0.335 e. The second-order valence-electron chi connectivity index (χ2n) is 3.85. The molecule has 3 heteroatoms. The molecule has 0 aliphatic carbocycles. The number of H-pyrrole nitrogens is 1. The van der Waals surface area contributed by atoms with Gasteiger partial charge in [0.25, 0.3) is 0 Å². The molecule has 0 bridgehead atoms. The number of aromatic nitrogens is 2. The van der Waals surface area contributed by atoms with Crippen molar-refractivity contribution in [1.82, 2.24) is 9.55 Å². The Kier molecular flexibility index (Phi) is 2.49. The Morgan fingerprint density at radius 1 is 1.13 bits per heavy atom. The number of para-hydroxylation sites is 1. The van der Waals surface area contributed by atoms with Gasteiger partial charge in [0.1, 0.15) is 0 Å². The number of nitrogens with zero attached hydrogens (tertiary/aromatic N) is 1. The molecule has 0 spiro atoms. The summed E-state index contributed by atoms with van der Waals surface area (Å²) in [4.78, 5) is 3.14. The highest BCUT2D eigenvalue weighted by Crippen LogP contribution is 2.19. The topological polar surface area (TPSA) is 20.7 Å². The largest absolute Gasteiger partial charge is 0.335 e. The van der Waals surface area contributed by atoms with Crippen molar-refractivity contribution in [3.8, 4) is 5.69 Å². The number of rotatable bonds is 1. The summed E-state index contributed by atoms with van der Waals surface area (Å²) < 4.78 is 2.79. The lowest BCUT2D eigenvalue weighted by Crippen LogP contribution is -1.98. The van der Waals surface area contributed by atoms with Crippen molar-refractivity contribution in [2.24, 2.45) is 0 Å². The molecule has 1 heterocycles. The molecule has 0 radical (unpaired) electrons. The first kappa shape index (κ1) is 10.2. The van der Waals surface area contributed by atoms with Crippen LogP contribution in [0.25, 0.3) is 5.69 Å². The van der Waals surface area contributed by atoms with Gasteiger partial charge in [-0.3, -0.25) is 4.57 Å². The fourth-order valence-electron chi connectivity index (χ4n) is 1.87. The molecule has 0 atom stereocenters. The molecule has 0 unspecified atom stereocenters. The van der Waals surface area contributed by atoms with Crippen molar-refractivity contribution in [2.45, 2.75) is 20.8 Å². The third-order valence-corrected chi connectivity index (χ3v) is 2.82. The number of nitrogens with one attached hydrogen (secondary N) is 1. The van der Waals surface area contributed by atoms with Crippen LogP contribution in [0.5, 0.6) is 0 Å². The molecule has 2 aromatic rings. The van der Waals surface area contributed by atoms with Crippen LogP contribution in [0, 0.1) is 25.5 Å². The third kappa shape index (κ3) is 1.75. The zero-order valence-corrected chi connectivity index (χ0v) is 9.98. The van der Waals surface area contributed by atoms with Gasteiger partial charge in [0.05, 0.1) is 5.69 Å². The van der Waals surface area contributed by atoms with E-state index in [1.807, 2.05) is 17.7 Å². The van der Waals surface area contributed by atoms with E-state index in [9.17, 15) is 0 Å². The first-order chi connectivity index (χ1) is 7.09. The van der Waals surface area contributed by atoms with E-state index in [0.717, 1.165) is 10.5 Å². The van der Waals surface area contributed by atoms with Crippen LogP contribution in [0.3, 0.4) is 0 Å². The Morgan fingerprint density at radius 3 is 2.20 bits per heavy atom. The maximum Gasteiger partial charge on any atom is 0.182 e. The Labute approximate surface area is 94.6 Å². The molecule has 0 saturated heterocycles. The van der Waals surface area contributed by atoms with Crippen molar-refractivity contribution < 1.29 is 0 Å². The van der Waals surface area contributed by atoms with Crippen LogP contribution in [0.2, 0.25) is 0 Å². The standard InChI is InChI=1S/C12H14N2S/c1-8-5-4-6-9(2)11(8)14-7-10(3)13-12(14)15/h4-7H,1-3H3,(H,13,15). The summed E-state index contributed by atoms with van der Waals surface area (Å²) in [5, 5.41) is 0. The summed E-state index contributed by atoms with van der Waals surface area (Å²) in [7, 11) is 0. The number of imidazole rings is 1. The molecule has 0 saturated carbocycles. The highest BCUT2D eigenvalue weighted by atomic mass is 32.1. The highest BCUT2D eigenvalue weighted by Gasteiger charge is 2.05. The molecule has 2 nitrogen and oxygen atoms in total.